The Labute approximate surface area is 230 Å². The van der Waals surface area contributed by atoms with Crippen LogP contribution in [0.4, 0.5) is 5.69 Å². The molecule has 11 heteroatoms. The number of rotatable bonds is 11. The standard InChI is InChI=1S/C26H30BrN3O6S/c1-5-9-18-23(25(32)35-6-2)24(30-26(37)29-18)15-12-20(34-4)21(13-16(15)27)36-14-22(31)28-17-10-7-8-11-19(17)33-3/h7-8,10-13,24H,5-6,9,14H2,1-4H3,(H,28,31)(H2,29,30,37). The quantitative estimate of drug-likeness (QED) is 0.255. The lowest BCUT2D eigenvalue weighted by Gasteiger charge is -2.32. The van der Waals surface area contributed by atoms with Crippen molar-refractivity contribution in [2.24, 2.45) is 0 Å². The van der Waals surface area contributed by atoms with Crippen LogP contribution in [0.15, 0.2) is 52.1 Å². The fourth-order valence-corrected chi connectivity index (χ4v) is 4.66. The smallest absolute Gasteiger partial charge is 0.338 e. The number of hydrogen-bond donors (Lipinski definition) is 3. The summed E-state index contributed by atoms with van der Waals surface area (Å²) >= 11 is 9.01. The molecule has 2 aromatic rings. The number of halogens is 1. The predicted octanol–water partition coefficient (Wildman–Crippen LogP) is 4.62. The summed E-state index contributed by atoms with van der Waals surface area (Å²) in [5, 5.41) is 9.44. The van der Waals surface area contributed by atoms with Crippen molar-refractivity contribution in [1.29, 1.82) is 0 Å². The van der Waals surface area contributed by atoms with Crippen LogP contribution in [0.1, 0.15) is 38.3 Å². The van der Waals surface area contributed by atoms with Gasteiger partial charge in [0, 0.05) is 10.2 Å². The highest BCUT2D eigenvalue weighted by Crippen LogP contribution is 2.40. The Balaban J connectivity index is 1.87. The number of anilines is 1. The Bertz CT molecular complexity index is 1200. The molecule has 9 nitrogen and oxygen atoms in total. The van der Waals surface area contributed by atoms with E-state index in [1.54, 1.807) is 37.3 Å². The highest BCUT2D eigenvalue weighted by atomic mass is 79.9. The van der Waals surface area contributed by atoms with Crippen LogP contribution in [0.2, 0.25) is 0 Å². The van der Waals surface area contributed by atoms with Crippen LogP contribution in [0.25, 0.3) is 0 Å². The van der Waals surface area contributed by atoms with Crippen molar-refractivity contribution in [2.75, 3.05) is 32.8 Å². The van der Waals surface area contributed by atoms with E-state index in [0.717, 1.165) is 6.42 Å². The zero-order chi connectivity index (χ0) is 26.9. The molecular weight excluding hydrogens is 562 g/mol. The summed E-state index contributed by atoms with van der Waals surface area (Å²) in [6.07, 6.45) is 1.44. The highest BCUT2D eigenvalue weighted by Gasteiger charge is 2.34. The molecule has 2 aromatic carbocycles. The van der Waals surface area contributed by atoms with Crippen molar-refractivity contribution >= 4 is 50.8 Å². The number of esters is 1. The molecule has 0 aliphatic carbocycles. The third kappa shape index (κ3) is 6.92. The van der Waals surface area contributed by atoms with Crippen molar-refractivity contribution in [3.63, 3.8) is 0 Å². The van der Waals surface area contributed by atoms with Crippen LogP contribution >= 0.6 is 28.1 Å². The van der Waals surface area contributed by atoms with E-state index >= 15 is 0 Å². The van der Waals surface area contributed by atoms with Crippen molar-refractivity contribution in [3.8, 4) is 17.2 Å². The monoisotopic (exact) mass is 591 g/mol. The average Bonchev–Trinajstić information content (AvgIpc) is 2.87. The second kappa shape index (κ2) is 13.3. The zero-order valence-corrected chi connectivity index (χ0v) is 23.5. The molecule has 198 valence electrons. The summed E-state index contributed by atoms with van der Waals surface area (Å²) in [7, 11) is 3.03. The SMILES string of the molecule is CCCC1=C(C(=O)OCC)C(c2cc(OC)c(OCC(=O)Nc3ccccc3OC)cc2Br)NC(=S)N1. The minimum Gasteiger partial charge on any atom is -0.495 e. The van der Waals surface area contributed by atoms with Gasteiger partial charge in [0.05, 0.1) is 38.1 Å². The Morgan fingerprint density at radius 2 is 1.81 bits per heavy atom. The minimum atomic E-state index is -0.583. The average molecular weight is 593 g/mol. The van der Waals surface area contributed by atoms with Gasteiger partial charge in [-0.2, -0.15) is 0 Å². The lowest BCUT2D eigenvalue weighted by molar-refractivity contribution is -0.139. The number of methoxy groups -OCH3 is 2. The van der Waals surface area contributed by atoms with Gasteiger partial charge >= 0.3 is 5.97 Å². The molecule has 0 bridgehead atoms. The van der Waals surface area contributed by atoms with Gasteiger partial charge in [-0.05, 0) is 55.4 Å². The maximum atomic E-state index is 13.0. The van der Waals surface area contributed by atoms with Crippen LogP contribution < -0.4 is 30.2 Å². The fourth-order valence-electron chi connectivity index (χ4n) is 3.87. The van der Waals surface area contributed by atoms with Crippen molar-refractivity contribution in [3.05, 3.63) is 57.7 Å². The first-order chi connectivity index (χ1) is 17.8. The second-order valence-electron chi connectivity index (χ2n) is 7.96. The number of amides is 1. The van der Waals surface area contributed by atoms with E-state index in [1.165, 1.54) is 14.2 Å². The van der Waals surface area contributed by atoms with E-state index < -0.39 is 12.0 Å². The Morgan fingerprint density at radius 3 is 2.49 bits per heavy atom. The van der Waals surface area contributed by atoms with Crippen LogP contribution in [0.5, 0.6) is 17.2 Å². The molecule has 3 rings (SSSR count). The Hall–Kier alpha value is -3.31. The van der Waals surface area contributed by atoms with Crippen LogP contribution in [-0.2, 0) is 14.3 Å². The summed E-state index contributed by atoms with van der Waals surface area (Å²) in [4.78, 5) is 25.5. The Morgan fingerprint density at radius 1 is 1.08 bits per heavy atom. The zero-order valence-electron chi connectivity index (χ0n) is 21.1. The molecule has 1 unspecified atom stereocenters. The molecule has 0 radical (unpaired) electrons. The number of allylic oxidation sites excluding steroid dienone is 1. The number of hydrogen-bond acceptors (Lipinski definition) is 7. The van der Waals surface area contributed by atoms with Crippen LogP contribution in [-0.4, -0.2) is 44.4 Å². The molecule has 0 aromatic heterocycles. The third-order valence-electron chi connectivity index (χ3n) is 5.48. The van der Waals surface area contributed by atoms with Crippen molar-refractivity contribution in [1.82, 2.24) is 10.6 Å². The molecule has 0 saturated heterocycles. The molecular formula is C26H30BrN3O6S. The van der Waals surface area contributed by atoms with Gasteiger partial charge in [-0.15, -0.1) is 0 Å². The third-order valence-corrected chi connectivity index (χ3v) is 6.39. The Kier molecular flexibility index (Phi) is 10.2. The highest BCUT2D eigenvalue weighted by molar-refractivity contribution is 9.10. The maximum absolute atomic E-state index is 13.0. The summed E-state index contributed by atoms with van der Waals surface area (Å²) < 4.78 is 22.6. The van der Waals surface area contributed by atoms with Gasteiger partial charge in [-0.3, -0.25) is 4.79 Å². The lowest BCUT2D eigenvalue weighted by atomic mass is 9.93. The molecule has 1 atom stereocenters. The van der Waals surface area contributed by atoms with Gasteiger partial charge in [-0.25, -0.2) is 4.79 Å². The van der Waals surface area contributed by atoms with Gasteiger partial charge < -0.3 is 34.9 Å². The summed E-state index contributed by atoms with van der Waals surface area (Å²) in [5.41, 5.74) is 2.40. The molecule has 1 aliphatic heterocycles. The van der Waals surface area contributed by atoms with Gasteiger partial charge in [-0.1, -0.05) is 41.4 Å². The number of thiocarbonyl (C=S) groups is 1. The molecule has 0 fully saturated rings. The lowest BCUT2D eigenvalue weighted by Crippen LogP contribution is -2.46. The number of benzene rings is 2. The summed E-state index contributed by atoms with van der Waals surface area (Å²) in [5.74, 6) is 0.474. The molecule has 3 N–H and O–H groups in total. The van der Waals surface area contributed by atoms with Crippen molar-refractivity contribution in [2.45, 2.75) is 32.7 Å². The van der Waals surface area contributed by atoms with Crippen LogP contribution in [0, 0.1) is 0 Å². The maximum Gasteiger partial charge on any atom is 0.338 e. The molecule has 1 amide bonds. The molecule has 1 aliphatic rings. The largest absolute Gasteiger partial charge is 0.495 e. The number of carbonyl (C=O) groups excluding carboxylic acids is 2. The predicted molar refractivity (Wildman–Crippen MR) is 148 cm³/mol. The van der Waals surface area contributed by atoms with E-state index in [9.17, 15) is 9.59 Å². The number of para-hydroxylation sites is 2. The molecule has 37 heavy (non-hydrogen) atoms. The van der Waals surface area contributed by atoms with Gasteiger partial charge in [0.2, 0.25) is 0 Å². The van der Waals surface area contributed by atoms with E-state index in [4.69, 9.17) is 31.2 Å². The summed E-state index contributed by atoms with van der Waals surface area (Å²) in [6.45, 7) is 3.76. The number of ether oxygens (including phenoxy) is 4. The van der Waals surface area contributed by atoms with E-state index in [-0.39, 0.29) is 19.1 Å². The number of nitrogens with one attached hydrogen (secondary N) is 3. The van der Waals surface area contributed by atoms with Gasteiger partial charge in [0.1, 0.15) is 5.75 Å². The van der Waals surface area contributed by atoms with E-state index in [2.05, 4.69) is 31.9 Å². The minimum absolute atomic E-state index is 0.243. The van der Waals surface area contributed by atoms with E-state index in [1.807, 2.05) is 13.0 Å². The summed E-state index contributed by atoms with van der Waals surface area (Å²) in [6, 6.07) is 9.95. The van der Waals surface area contributed by atoms with Gasteiger partial charge in [0.25, 0.3) is 5.91 Å². The van der Waals surface area contributed by atoms with E-state index in [0.29, 0.717) is 55.8 Å². The normalized spacial score (nSPS) is 14.8. The first-order valence-corrected chi connectivity index (χ1v) is 12.9. The van der Waals surface area contributed by atoms with Crippen molar-refractivity contribution < 1.29 is 28.5 Å². The first kappa shape index (κ1) is 28.3. The van der Waals surface area contributed by atoms with Crippen LogP contribution in [0.3, 0.4) is 0 Å². The number of carbonyl (C=O) groups is 2. The molecule has 0 spiro atoms. The van der Waals surface area contributed by atoms with Gasteiger partial charge in [0.15, 0.2) is 23.2 Å². The second-order valence-corrected chi connectivity index (χ2v) is 9.22. The fraction of sp³-hybridized carbons (Fsp3) is 0.346. The molecule has 0 saturated carbocycles. The molecule has 1 heterocycles. The topological polar surface area (TPSA) is 107 Å². The first-order valence-electron chi connectivity index (χ1n) is 11.7.